The third-order valence-electron chi connectivity index (χ3n) is 21.1. The van der Waals surface area contributed by atoms with Crippen LogP contribution in [0.5, 0.6) is 0 Å². The number of esters is 2. The van der Waals surface area contributed by atoms with E-state index in [1.165, 1.54) is 28.1 Å². The number of nitrogens with zero attached hydrogens (tertiary/aromatic N) is 3. The second-order valence-electron chi connectivity index (χ2n) is 38.5. The SMILES string of the molecule is CC(C)C.CCCn1cc(-c2sc(C)c(C(OC(C)(C)C)C(=O)O)c2C2=CCC(C)(C)CC2)ccc1=O.CCCn1cc(-c2sc(C)c(C(OC(C)(C)C)C(=O)OCC)c2C2=CCC(C)(C)CC2)ccc1=O.CCCn1cc(B2OC(C)(C)C(C)(C)O2)ccc1=O.CCOC(=O)C(OC(C)(C)C)c1c(C)sc(Cl)c1C1=CCC(C)(C)CC1. The molecule has 1 N–H and O–H groups in total. The van der Waals surface area contributed by atoms with Crippen LogP contribution >= 0.6 is 45.6 Å². The van der Waals surface area contributed by atoms with Crippen LogP contribution < -0.4 is 22.1 Å². The van der Waals surface area contributed by atoms with E-state index in [0.29, 0.717) is 38.3 Å². The van der Waals surface area contributed by atoms with Crippen molar-refractivity contribution in [1.82, 2.24) is 13.7 Å². The number of aromatic nitrogens is 3. The summed E-state index contributed by atoms with van der Waals surface area (Å²) in [6.45, 7) is 64.2. The zero-order valence-corrected chi connectivity index (χ0v) is 79.7. The molecular formula is C95H141BClN3O14S3. The van der Waals surface area contributed by atoms with Crippen molar-refractivity contribution in [2.75, 3.05) is 13.2 Å². The van der Waals surface area contributed by atoms with Gasteiger partial charge in [-0.25, -0.2) is 14.4 Å². The summed E-state index contributed by atoms with van der Waals surface area (Å²) >= 11 is 11.4. The number of thiophene rings is 3. The Labute approximate surface area is 717 Å². The van der Waals surface area contributed by atoms with E-state index in [2.05, 4.69) is 94.4 Å². The second kappa shape index (κ2) is 41.5. The van der Waals surface area contributed by atoms with Gasteiger partial charge in [-0.15, -0.1) is 34.0 Å². The molecule has 117 heavy (non-hydrogen) atoms. The van der Waals surface area contributed by atoms with Crippen molar-refractivity contribution in [3.05, 3.63) is 157 Å². The monoisotopic (exact) mass is 1690 g/mol. The zero-order valence-electron chi connectivity index (χ0n) is 76.5. The summed E-state index contributed by atoms with van der Waals surface area (Å²) in [6.07, 6.45) is 21.6. The highest BCUT2D eigenvalue weighted by Crippen LogP contribution is 2.53. The van der Waals surface area contributed by atoms with Crippen LogP contribution in [0, 0.1) is 42.9 Å². The molecule has 7 heterocycles. The van der Waals surface area contributed by atoms with E-state index >= 15 is 0 Å². The van der Waals surface area contributed by atoms with Crippen LogP contribution in [0.3, 0.4) is 0 Å². The van der Waals surface area contributed by atoms with E-state index in [1.807, 2.05) is 162 Å². The number of carbonyl (C=O) groups is 3. The van der Waals surface area contributed by atoms with E-state index in [1.54, 1.807) is 60.6 Å². The Balaban J connectivity index is 0.000000243. The number of rotatable bonds is 23. The summed E-state index contributed by atoms with van der Waals surface area (Å²) in [5, 5.41) is 10.2. The van der Waals surface area contributed by atoms with Gasteiger partial charge in [-0.2, -0.15) is 0 Å². The fourth-order valence-electron chi connectivity index (χ4n) is 14.3. The molecule has 0 aromatic carbocycles. The average molecular weight is 1690 g/mol. The highest BCUT2D eigenvalue weighted by molar-refractivity contribution is 7.17. The van der Waals surface area contributed by atoms with Crippen molar-refractivity contribution in [3.63, 3.8) is 0 Å². The molecule has 10 rings (SSSR count). The summed E-state index contributed by atoms with van der Waals surface area (Å²) in [4.78, 5) is 79.9. The molecule has 0 spiro atoms. The Bertz CT molecular complexity index is 4640. The Morgan fingerprint density at radius 3 is 1.11 bits per heavy atom. The Morgan fingerprint density at radius 1 is 0.487 bits per heavy atom. The summed E-state index contributed by atoms with van der Waals surface area (Å²) in [5.74, 6) is -0.854. The summed E-state index contributed by atoms with van der Waals surface area (Å²) in [7, 11) is -0.409. The molecule has 0 saturated carbocycles. The van der Waals surface area contributed by atoms with E-state index in [9.17, 15) is 33.9 Å². The van der Waals surface area contributed by atoms with Crippen molar-refractivity contribution in [2.45, 2.75) is 351 Å². The highest BCUT2D eigenvalue weighted by atomic mass is 35.5. The minimum atomic E-state index is -1.05. The Morgan fingerprint density at radius 2 is 0.795 bits per heavy atom. The standard InChI is InChI=1S/C29H41NO4S.C27H37NO4S.C21H31ClO3S.C14H22BNO3.C4H10/c1-9-17-30-18-21(11-12-22(30)31)26-24(20-13-15-29(7,8)16-14-20)23(19(3)35-26)25(27(32)33-10-2)34-28(4,5)6;1-8-15-28-16-19(9-10-20(28)29)24-22(18-11-13-27(6,7)14-12-18)21(17(2)33-24)23(25(30)31)32-26(3,4)5;1-8-24-19(23)17(25-20(3,4)5)15-13(2)26-18(22)16(15)14-9-11-21(6,7)12-10-14;1-6-9-16-10-11(7-8-12(16)17)15-18-13(2,3)14(4,5)19-15;1-4(2)3/h11-13,18,25H,9-10,14-17H2,1-8H3;9-11,16,23H,8,12-15H2,1-7H3,(H,30,31);9,17H,8,10-12H2,1-7H3;7-8,10H,6,9H2,1-5H3;4H,1-3H3. The van der Waals surface area contributed by atoms with Crippen molar-refractivity contribution in [3.8, 4) is 20.9 Å². The lowest BCUT2D eigenvalue weighted by Crippen LogP contribution is -2.41. The third kappa shape index (κ3) is 27.9. The smallest absolute Gasteiger partial charge is 0.479 e. The molecule has 3 atom stereocenters. The minimum Gasteiger partial charge on any atom is -0.479 e. The van der Waals surface area contributed by atoms with Gasteiger partial charge >= 0.3 is 25.0 Å². The molecule has 3 aliphatic carbocycles. The van der Waals surface area contributed by atoms with Gasteiger partial charge in [-0.05, 0) is 258 Å². The van der Waals surface area contributed by atoms with Gasteiger partial charge in [0.15, 0.2) is 18.3 Å². The topological polar surface area (TPSA) is 202 Å². The van der Waals surface area contributed by atoms with Crippen LogP contribution in [-0.4, -0.2) is 85.1 Å². The van der Waals surface area contributed by atoms with Gasteiger partial charge in [0.1, 0.15) is 4.34 Å². The molecule has 4 aliphatic rings. The normalized spacial score (nSPS) is 17.5. The quantitative estimate of drug-likeness (QED) is 0.0469. The summed E-state index contributed by atoms with van der Waals surface area (Å²) < 4.78 is 47.4. The lowest BCUT2D eigenvalue weighted by molar-refractivity contribution is -0.167. The number of aryl methyl sites for hydroxylation is 6. The van der Waals surface area contributed by atoms with Gasteiger partial charge in [0.05, 0.1) is 41.2 Å². The van der Waals surface area contributed by atoms with Gasteiger partial charge in [-0.1, -0.05) is 119 Å². The van der Waals surface area contributed by atoms with Gasteiger partial charge in [0, 0.05) is 125 Å². The lowest BCUT2D eigenvalue weighted by Gasteiger charge is -2.32. The molecule has 17 nitrogen and oxygen atoms in total. The molecule has 1 saturated heterocycles. The summed E-state index contributed by atoms with van der Waals surface area (Å²) in [6, 6.07) is 10.4. The first-order valence-corrected chi connectivity index (χ1v) is 45.2. The second-order valence-corrected chi connectivity index (χ2v) is 42.7. The maximum Gasteiger partial charge on any atom is 0.496 e. The number of pyridine rings is 3. The predicted molar refractivity (Wildman–Crippen MR) is 488 cm³/mol. The predicted octanol–water partition coefficient (Wildman–Crippen LogP) is 24.1. The molecule has 3 unspecified atom stereocenters. The number of aliphatic carboxylic acids is 1. The Kier molecular flexibility index (Phi) is 35.3. The molecule has 1 fully saturated rings. The number of carbonyl (C=O) groups excluding carboxylic acids is 2. The van der Waals surface area contributed by atoms with Crippen LogP contribution in [-0.2, 0) is 67.0 Å². The molecule has 0 amide bonds. The van der Waals surface area contributed by atoms with Crippen LogP contribution in [0.1, 0.15) is 330 Å². The molecule has 0 bridgehead atoms. The molecular weight excluding hydrogens is 1550 g/mol. The van der Waals surface area contributed by atoms with Crippen LogP contribution in [0.4, 0.5) is 0 Å². The molecule has 0 radical (unpaired) electrons. The summed E-state index contributed by atoms with van der Waals surface area (Å²) in [5.41, 5.74) is 10.5. The maximum absolute atomic E-state index is 13.2. The minimum absolute atomic E-state index is 0.00440. The maximum atomic E-state index is 13.2. The van der Waals surface area contributed by atoms with Crippen LogP contribution in [0.15, 0.2) is 87.6 Å². The number of hydrogen-bond donors (Lipinski definition) is 1. The number of carboxylic acid groups (broad SMARTS) is 1. The molecule has 648 valence electrons. The third-order valence-corrected chi connectivity index (χ3v) is 24.7. The molecule has 22 heteroatoms. The first-order chi connectivity index (χ1) is 54.1. The molecule has 6 aromatic heterocycles. The van der Waals surface area contributed by atoms with Gasteiger partial charge in [0.25, 0.3) is 11.1 Å². The number of halogens is 1. The van der Waals surface area contributed by atoms with Crippen molar-refractivity contribution >= 4 is 92.8 Å². The van der Waals surface area contributed by atoms with Gasteiger partial charge in [0.2, 0.25) is 5.56 Å². The van der Waals surface area contributed by atoms with Crippen LogP contribution in [0.25, 0.3) is 37.6 Å². The van der Waals surface area contributed by atoms with Crippen molar-refractivity contribution in [1.29, 1.82) is 0 Å². The van der Waals surface area contributed by atoms with E-state index in [-0.39, 0.29) is 50.6 Å². The van der Waals surface area contributed by atoms with E-state index < -0.39 is 48.2 Å². The first kappa shape index (κ1) is 99.6. The number of carboxylic acids is 1. The van der Waals surface area contributed by atoms with Crippen LogP contribution in [0.2, 0.25) is 4.34 Å². The Hall–Kier alpha value is -6.27. The van der Waals surface area contributed by atoms with Crippen molar-refractivity contribution in [2.24, 2.45) is 22.2 Å². The highest BCUT2D eigenvalue weighted by Gasteiger charge is 2.52. The van der Waals surface area contributed by atoms with Gasteiger partial charge < -0.3 is 51.8 Å². The van der Waals surface area contributed by atoms with E-state index in [0.717, 1.165) is 162 Å². The van der Waals surface area contributed by atoms with Gasteiger partial charge in [-0.3, -0.25) is 14.4 Å². The fourth-order valence-corrected chi connectivity index (χ4v) is 18.2. The first-order valence-electron chi connectivity index (χ1n) is 42.4. The average Bonchev–Trinajstić information content (AvgIpc) is 1.63. The van der Waals surface area contributed by atoms with E-state index in [4.69, 9.17) is 44.6 Å². The fraction of sp³-hybridized carbons (Fsp3) is 0.621. The number of ether oxygens (including phenoxy) is 5. The van der Waals surface area contributed by atoms with Crippen molar-refractivity contribution < 1.29 is 52.5 Å². The molecule has 6 aromatic rings. The molecule has 1 aliphatic heterocycles. The number of allylic oxidation sites excluding steroid dienone is 6. The lowest BCUT2D eigenvalue weighted by atomic mass is 9.76. The number of hydrogen-bond acceptors (Lipinski definition) is 16. The largest absolute Gasteiger partial charge is 0.496 e. The zero-order chi connectivity index (χ0) is 88.1.